The van der Waals surface area contributed by atoms with Gasteiger partial charge < -0.3 is 0 Å². The maximum absolute atomic E-state index is 5.97. The zero-order valence-corrected chi connectivity index (χ0v) is 29.0. The van der Waals surface area contributed by atoms with Crippen LogP contribution in [-0.2, 0) is 19.2 Å². The van der Waals surface area contributed by atoms with E-state index < -0.39 is 0 Å². The zero-order valence-electron chi connectivity index (χ0n) is 13.1. The van der Waals surface area contributed by atoms with Crippen LogP contribution < -0.4 is 9.01 Å². The first-order valence-corrected chi connectivity index (χ1v) is 15.5. The molecule has 0 heterocycles. The predicted molar refractivity (Wildman–Crippen MR) is 82.7 cm³/mol. The summed E-state index contributed by atoms with van der Waals surface area (Å²) in [5.41, 5.74) is 13.5. The summed E-state index contributed by atoms with van der Waals surface area (Å²) in [6.07, 6.45) is 1.16. The average molecular weight is 733 g/mol. The third-order valence-corrected chi connectivity index (χ3v) is 25.7. The molecule has 2 aromatic rings. The Bertz CT molecular complexity index is 683. The number of hydrogen-bond donors (Lipinski definition) is 1. The molecule has 2 unspecified atom stereocenters. The molecule has 1 nitrogen and oxygen atoms in total. The standard InChI is InChI=1S/C17H16N.Ra.Rb.Re.H/c1-11-3-4-15(9-12(11)2)13-5-7-14(8-6-13)16-10-17(16)18;;;;/h5-8,16-17H,10,18H2,1-2H3;;;;. The fraction of sp³-hybridized carbons (Fsp3) is 0.294. The molecule has 1 aliphatic carbocycles. The molecule has 2 N–H and O–H groups in total. The fourth-order valence-corrected chi connectivity index (χ4v) is 12.5. The Balaban J connectivity index is 2.08. The Morgan fingerprint density at radius 2 is 1.76 bits per heavy atom. The summed E-state index contributed by atoms with van der Waals surface area (Å²) in [6, 6.07) is 9.69. The van der Waals surface area contributed by atoms with Gasteiger partial charge in [0.1, 0.15) is 0 Å². The van der Waals surface area contributed by atoms with Gasteiger partial charge in [-0.2, -0.15) is 0 Å². The Hall–Kier alpha value is 2.34. The summed E-state index contributed by atoms with van der Waals surface area (Å²) in [7, 11) is 0. The Morgan fingerprint density at radius 1 is 1.19 bits per heavy atom. The summed E-state index contributed by atoms with van der Waals surface area (Å²) < 4.78 is 5.04. The van der Waals surface area contributed by atoms with Crippen molar-refractivity contribution in [3.8, 4) is 11.1 Å². The molecule has 0 saturated heterocycles. The van der Waals surface area contributed by atoms with Gasteiger partial charge in [-0.15, -0.1) is 0 Å². The van der Waals surface area contributed by atoms with Gasteiger partial charge in [0, 0.05) is 0 Å². The van der Waals surface area contributed by atoms with E-state index in [9.17, 15) is 0 Å². The van der Waals surface area contributed by atoms with Crippen molar-refractivity contribution < 1.29 is 62.0 Å². The van der Waals surface area contributed by atoms with Crippen molar-refractivity contribution in [2.24, 2.45) is 5.73 Å². The second kappa shape index (κ2) is 7.29. The third-order valence-electron chi connectivity index (χ3n) is 5.08. The molecule has 100 valence electrons. The quantitative estimate of drug-likeness (QED) is 0.483. The second-order valence-electron chi connectivity index (χ2n) is 6.32. The van der Waals surface area contributed by atoms with Gasteiger partial charge in [0.05, 0.1) is 0 Å². The fourth-order valence-electron chi connectivity index (χ4n) is 3.10. The van der Waals surface area contributed by atoms with E-state index in [-0.39, 0.29) is 0 Å². The summed E-state index contributed by atoms with van der Waals surface area (Å²) >= 11 is 2.84. The van der Waals surface area contributed by atoms with Gasteiger partial charge >= 0.3 is 211 Å². The van der Waals surface area contributed by atoms with E-state index in [2.05, 4.69) is 38.1 Å². The zero-order chi connectivity index (χ0) is 15.3. The van der Waals surface area contributed by atoms with Gasteiger partial charge in [0.2, 0.25) is 0 Å². The molecular formula is C17H17NRaRbRe. The predicted octanol–water partition coefficient (Wildman–Crippen LogP) is 0.658. The van der Waals surface area contributed by atoms with Crippen LogP contribution in [0.5, 0.6) is 0 Å². The SMILES string of the molecule is Cc1c(C)[c]([Re])c(-c2ccc(C3CC3N)cc2)[c]([RaH])[c]1[Rb]. The van der Waals surface area contributed by atoms with Crippen LogP contribution in [0.15, 0.2) is 24.3 Å². The van der Waals surface area contributed by atoms with E-state index in [0.717, 1.165) is 6.42 Å². The number of benzene rings is 2. The van der Waals surface area contributed by atoms with Gasteiger partial charge in [-0.3, -0.25) is 0 Å². The molecule has 2 atom stereocenters. The van der Waals surface area contributed by atoms with E-state index in [1.54, 1.807) is 14.4 Å². The first-order valence-electron chi connectivity index (χ1n) is 7.53. The Morgan fingerprint density at radius 3 is 2.29 bits per heavy atom. The van der Waals surface area contributed by atoms with E-state index in [4.69, 9.17) is 5.73 Å². The summed E-state index contributed by atoms with van der Waals surface area (Å²) in [5.74, 6) is 0.614. The molecule has 21 heavy (non-hydrogen) atoms. The molecule has 1 aliphatic rings. The normalized spacial score (nSPS) is 20.6. The van der Waals surface area contributed by atoms with Gasteiger partial charge in [-0.1, -0.05) is 0 Å². The summed E-state index contributed by atoms with van der Waals surface area (Å²) in [4.78, 5) is 0. The minimum atomic E-state index is 0.399. The van der Waals surface area contributed by atoms with Crippen LogP contribution in [0.4, 0.5) is 0 Å². The van der Waals surface area contributed by atoms with Crippen LogP contribution in [-0.4, -0.2) is 61.6 Å². The molecule has 0 spiro atoms. The van der Waals surface area contributed by atoms with Crippen molar-refractivity contribution in [2.45, 2.75) is 32.2 Å². The monoisotopic (exact) mass is 733 g/mol. The van der Waals surface area contributed by atoms with Crippen LogP contribution in [0.2, 0.25) is 0 Å². The summed E-state index contributed by atoms with van der Waals surface area (Å²) in [5, 5.41) is 0. The van der Waals surface area contributed by atoms with Crippen molar-refractivity contribution in [1.82, 2.24) is 0 Å². The topological polar surface area (TPSA) is 26.0 Å². The third kappa shape index (κ3) is 3.65. The van der Waals surface area contributed by atoms with Crippen LogP contribution in [0.1, 0.15) is 29.0 Å². The van der Waals surface area contributed by atoms with Gasteiger partial charge in [-0.25, -0.2) is 0 Å². The molecule has 0 aromatic heterocycles. The van der Waals surface area contributed by atoms with Gasteiger partial charge in [0.25, 0.3) is 0 Å². The molecule has 0 amide bonds. The maximum atomic E-state index is 5.97. The van der Waals surface area contributed by atoms with E-state index in [1.165, 1.54) is 16.7 Å². The van der Waals surface area contributed by atoms with Crippen molar-refractivity contribution in [3.63, 3.8) is 0 Å². The van der Waals surface area contributed by atoms with Crippen LogP contribution >= 0.6 is 0 Å². The molecule has 4 heteroatoms. The molecule has 2 aromatic carbocycles. The molecule has 3 rings (SSSR count). The van der Waals surface area contributed by atoms with Crippen molar-refractivity contribution in [1.29, 1.82) is 0 Å². The van der Waals surface area contributed by atoms with Crippen LogP contribution in [0.25, 0.3) is 11.1 Å². The van der Waals surface area contributed by atoms with Crippen LogP contribution in [0.3, 0.4) is 0 Å². The van der Waals surface area contributed by atoms with Crippen molar-refractivity contribution in [2.75, 3.05) is 0 Å². The molecule has 1 fully saturated rings. The first-order chi connectivity index (χ1) is 9.91. The van der Waals surface area contributed by atoms with Crippen LogP contribution in [0, 0.1) is 56.6 Å². The number of rotatable bonds is 2. The molecule has 0 radical (unpaired) electrons. The average Bonchev–Trinajstić information content (AvgIpc) is 3.21. The van der Waals surface area contributed by atoms with Gasteiger partial charge in [0.15, 0.2) is 0 Å². The Kier molecular flexibility index (Phi) is 6.30. The van der Waals surface area contributed by atoms with Crippen molar-refractivity contribution >= 4 is 58.8 Å². The van der Waals surface area contributed by atoms with Gasteiger partial charge in [-0.05, 0) is 0 Å². The summed E-state index contributed by atoms with van der Waals surface area (Å²) in [6.45, 7) is 4.63. The number of nitrogens with two attached hydrogens (primary N) is 1. The molecule has 0 bridgehead atoms. The Labute approximate surface area is 206 Å². The first kappa shape index (κ1) is 18.1. The molecule has 0 aliphatic heterocycles. The van der Waals surface area contributed by atoms with E-state index >= 15 is 0 Å². The van der Waals surface area contributed by atoms with E-state index in [1.807, 2.05) is 19.2 Å². The minimum absolute atomic E-state index is 0.399. The second-order valence-corrected chi connectivity index (χ2v) is 14.2. The van der Waals surface area contributed by atoms with Crippen molar-refractivity contribution in [3.05, 3.63) is 41.0 Å². The molecular weight excluding hydrogens is 716 g/mol. The molecule has 1 saturated carbocycles. The number of hydrogen-bond acceptors (Lipinski definition) is 1. The van der Waals surface area contributed by atoms with E-state index in [0.29, 0.717) is 110 Å².